The van der Waals surface area contributed by atoms with Crippen molar-refractivity contribution in [2.24, 2.45) is 5.84 Å². The molecule has 0 unspecified atom stereocenters. The van der Waals surface area contributed by atoms with Crippen LogP contribution in [-0.4, -0.2) is 17.5 Å². The predicted octanol–water partition coefficient (Wildman–Crippen LogP) is 1.84. The molecule has 1 aromatic rings. The Balaban J connectivity index is 2.19. The fourth-order valence-electron chi connectivity index (χ4n) is 1.35. The molecule has 0 aliphatic carbocycles. The lowest BCUT2D eigenvalue weighted by atomic mass is 10.2. The van der Waals surface area contributed by atoms with E-state index in [0.717, 1.165) is 18.7 Å². The summed E-state index contributed by atoms with van der Waals surface area (Å²) >= 11 is 1.27. The van der Waals surface area contributed by atoms with Crippen LogP contribution in [0.2, 0.25) is 0 Å². The number of amides is 1. The molecule has 1 aromatic heterocycles. The monoisotopic (exact) mass is 257 g/mol. The molecule has 1 amide bonds. The average Bonchev–Trinajstić information content (AvgIpc) is 2.81. The standard InChI is InChI=1S/C11H19N3O2S/c1-2-3-4-5-6-16-7-9-8-17-11(13-9)10(15)14-12/h8H,2-7,12H2,1H3,(H,14,15). The third kappa shape index (κ3) is 5.25. The van der Waals surface area contributed by atoms with Crippen molar-refractivity contribution in [1.29, 1.82) is 0 Å². The van der Waals surface area contributed by atoms with Gasteiger partial charge in [-0.2, -0.15) is 0 Å². The van der Waals surface area contributed by atoms with E-state index in [1.807, 2.05) is 5.38 Å². The van der Waals surface area contributed by atoms with Crippen LogP contribution in [0.3, 0.4) is 0 Å². The Morgan fingerprint density at radius 3 is 3.06 bits per heavy atom. The molecule has 17 heavy (non-hydrogen) atoms. The lowest BCUT2D eigenvalue weighted by molar-refractivity contribution is 0.0951. The van der Waals surface area contributed by atoms with E-state index in [4.69, 9.17) is 10.6 Å². The number of nitrogens with two attached hydrogens (primary N) is 1. The summed E-state index contributed by atoms with van der Waals surface area (Å²) in [6.45, 7) is 3.39. The Morgan fingerprint density at radius 2 is 2.35 bits per heavy atom. The molecule has 0 bridgehead atoms. The Hall–Kier alpha value is -0.980. The average molecular weight is 257 g/mol. The van der Waals surface area contributed by atoms with E-state index in [1.165, 1.54) is 30.6 Å². The number of nitrogens with one attached hydrogen (secondary N) is 1. The number of hydrogen-bond donors (Lipinski definition) is 2. The highest BCUT2D eigenvalue weighted by Gasteiger charge is 2.08. The van der Waals surface area contributed by atoms with E-state index in [0.29, 0.717) is 11.6 Å². The first kappa shape index (κ1) is 14.1. The number of rotatable bonds is 8. The third-order valence-electron chi connectivity index (χ3n) is 2.27. The summed E-state index contributed by atoms with van der Waals surface area (Å²) in [6.07, 6.45) is 4.76. The maximum absolute atomic E-state index is 11.1. The molecule has 0 fully saturated rings. The summed E-state index contributed by atoms with van der Waals surface area (Å²) in [4.78, 5) is 15.3. The first-order valence-corrected chi connectivity index (χ1v) is 6.69. The van der Waals surface area contributed by atoms with Crippen LogP contribution < -0.4 is 11.3 Å². The summed E-state index contributed by atoms with van der Waals surface area (Å²) in [5, 5.41) is 2.19. The number of hydrazine groups is 1. The molecule has 0 saturated heterocycles. The van der Waals surface area contributed by atoms with Gasteiger partial charge in [0.25, 0.3) is 5.91 Å². The number of ether oxygens (including phenoxy) is 1. The molecule has 0 aliphatic rings. The Bertz CT molecular complexity index is 341. The molecule has 96 valence electrons. The van der Waals surface area contributed by atoms with E-state index in [1.54, 1.807) is 0 Å². The lowest BCUT2D eigenvalue weighted by Gasteiger charge is -2.01. The van der Waals surface area contributed by atoms with E-state index >= 15 is 0 Å². The van der Waals surface area contributed by atoms with Gasteiger partial charge in [-0.1, -0.05) is 26.2 Å². The number of carbonyl (C=O) groups is 1. The summed E-state index contributed by atoms with van der Waals surface area (Å²) in [5.41, 5.74) is 2.83. The van der Waals surface area contributed by atoms with Crippen LogP contribution in [0.25, 0.3) is 0 Å². The summed E-state index contributed by atoms with van der Waals surface area (Å²) < 4.78 is 5.47. The molecule has 0 radical (unpaired) electrons. The van der Waals surface area contributed by atoms with Gasteiger partial charge in [0.2, 0.25) is 0 Å². The highest BCUT2D eigenvalue weighted by molar-refractivity contribution is 7.11. The molecular weight excluding hydrogens is 238 g/mol. The van der Waals surface area contributed by atoms with Crippen molar-refractivity contribution in [3.05, 3.63) is 16.1 Å². The number of nitrogen functional groups attached to an aromatic ring is 1. The molecule has 0 aromatic carbocycles. The Kier molecular flexibility index (Phi) is 6.76. The van der Waals surface area contributed by atoms with E-state index in [2.05, 4.69) is 17.3 Å². The summed E-state index contributed by atoms with van der Waals surface area (Å²) in [6, 6.07) is 0. The molecule has 1 rings (SSSR count). The topological polar surface area (TPSA) is 77.2 Å². The van der Waals surface area contributed by atoms with Gasteiger partial charge in [0.15, 0.2) is 5.01 Å². The number of hydrogen-bond acceptors (Lipinski definition) is 5. The minimum atomic E-state index is -0.357. The maximum atomic E-state index is 11.1. The van der Waals surface area contributed by atoms with Crippen molar-refractivity contribution >= 4 is 17.2 Å². The van der Waals surface area contributed by atoms with Gasteiger partial charge in [-0.3, -0.25) is 10.2 Å². The molecule has 3 N–H and O–H groups in total. The van der Waals surface area contributed by atoms with Gasteiger partial charge in [-0.15, -0.1) is 11.3 Å². The van der Waals surface area contributed by atoms with Crippen LogP contribution >= 0.6 is 11.3 Å². The van der Waals surface area contributed by atoms with Gasteiger partial charge in [0.1, 0.15) is 0 Å². The number of thiazole rings is 1. The second-order valence-electron chi connectivity index (χ2n) is 3.73. The number of aromatic nitrogens is 1. The highest BCUT2D eigenvalue weighted by atomic mass is 32.1. The quantitative estimate of drug-likeness (QED) is 0.322. The van der Waals surface area contributed by atoms with Crippen LogP contribution in [-0.2, 0) is 11.3 Å². The normalized spacial score (nSPS) is 10.5. The molecule has 1 heterocycles. The van der Waals surface area contributed by atoms with Crippen LogP contribution in [0.4, 0.5) is 0 Å². The third-order valence-corrected chi connectivity index (χ3v) is 3.16. The summed E-state index contributed by atoms with van der Waals surface area (Å²) in [7, 11) is 0. The zero-order valence-corrected chi connectivity index (χ0v) is 10.9. The van der Waals surface area contributed by atoms with Crippen molar-refractivity contribution in [2.75, 3.05) is 6.61 Å². The fraction of sp³-hybridized carbons (Fsp3) is 0.636. The Morgan fingerprint density at radius 1 is 1.53 bits per heavy atom. The van der Waals surface area contributed by atoms with E-state index in [-0.39, 0.29) is 5.91 Å². The second kappa shape index (κ2) is 8.16. The van der Waals surface area contributed by atoms with Gasteiger partial charge in [0, 0.05) is 12.0 Å². The molecule has 0 saturated carbocycles. The van der Waals surface area contributed by atoms with Crippen LogP contribution in [0, 0.1) is 0 Å². The minimum absolute atomic E-state index is 0.357. The smallest absolute Gasteiger partial charge is 0.294 e. The van der Waals surface area contributed by atoms with Gasteiger partial charge in [-0.25, -0.2) is 10.8 Å². The summed E-state index contributed by atoms with van der Waals surface area (Å²) in [5.74, 6) is 4.66. The maximum Gasteiger partial charge on any atom is 0.294 e. The molecule has 0 atom stereocenters. The molecule has 5 nitrogen and oxygen atoms in total. The zero-order valence-electron chi connectivity index (χ0n) is 10.1. The fourth-order valence-corrected chi connectivity index (χ4v) is 2.05. The van der Waals surface area contributed by atoms with E-state index in [9.17, 15) is 4.79 Å². The largest absolute Gasteiger partial charge is 0.375 e. The Labute approximate surface area is 105 Å². The van der Waals surface area contributed by atoms with Gasteiger partial charge >= 0.3 is 0 Å². The number of unbranched alkanes of at least 4 members (excludes halogenated alkanes) is 3. The lowest BCUT2D eigenvalue weighted by Crippen LogP contribution is -2.29. The number of carbonyl (C=O) groups excluding carboxylic acids is 1. The van der Waals surface area contributed by atoms with Crippen LogP contribution in [0.15, 0.2) is 5.38 Å². The van der Waals surface area contributed by atoms with Gasteiger partial charge in [-0.05, 0) is 6.42 Å². The van der Waals surface area contributed by atoms with Crippen LogP contribution in [0.5, 0.6) is 0 Å². The predicted molar refractivity (Wildman–Crippen MR) is 67.6 cm³/mol. The van der Waals surface area contributed by atoms with Crippen molar-refractivity contribution in [2.45, 2.75) is 39.2 Å². The first-order valence-electron chi connectivity index (χ1n) is 5.81. The molecular formula is C11H19N3O2S. The van der Waals surface area contributed by atoms with Crippen molar-refractivity contribution < 1.29 is 9.53 Å². The molecule has 0 spiro atoms. The first-order chi connectivity index (χ1) is 8.27. The van der Waals surface area contributed by atoms with E-state index < -0.39 is 0 Å². The van der Waals surface area contributed by atoms with Gasteiger partial charge in [0.05, 0.1) is 12.3 Å². The van der Waals surface area contributed by atoms with Crippen molar-refractivity contribution in [3.63, 3.8) is 0 Å². The van der Waals surface area contributed by atoms with Crippen LogP contribution in [0.1, 0.15) is 48.1 Å². The minimum Gasteiger partial charge on any atom is -0.375 e. The number of nitrogens with zero attached hydrogens (tertiary/aromatic N) is 1. The van der Waals surface area contributed by atoms with Crippen molar-refractivity contribution in [1.82, 2.24) is 10.4 Å². The van der Waals surface area contributed by atoms with Gasteiger partial charge < -0.3 is 4.74 Å². The van der Waals surface area contributed by atoms with Crippen molar-refractivity contribution in [3.8, 4) is 0 Å². The zero-order chi connectivity index (χ0) is 12.5. The molecule has 0 aliphatic heterocycles. The highest BCUT2D eigenvalue weighted by Crippen LogP contribution is 2.10. The molecule has 6 heteroatoms. The second-order valence-corrected chi connectivity index (χ2v) is 4.59. The SMILES string of the molecule is CCCCCCOCc1csc(C(=O)NN)n1.